The van der Waals surface area contributed by atoms with E-state index in [0.717, 1.165) is 23.4 Å². The lowest BCUT2D eigenvalue weighted by Gasteiger charge is -2.32. The van der Waals surface area contributed by atoms with Gasteiger partial charge in [0.05, 0.1) is 19.3 Å². The number of carboxylic acid groups (broad SMARTS) is 1. The molecule has 0 atom stereocenters. The van der Waals surface area contributed by atoms with E-state index in [9.17, 15) is 4.79 Å². The predicted octanol–water partition coefficient (Wildman–Crippen LogP) is 5.30. The number of rotatable bonds is 8. The van der Waals surface area contributed by atoms with Gasteiger partial charge < -0.3 is 24.9 Å². The van der Waals surface area contributed by atoms with Gasteiger partial charge in [0.1, 0.15) is 5.75 Å². The van der Waals surface area contributed by atoms with E-state index < -0.39 is 5.97 Å². The van der Waals surface area contributed by atoms with Crippen LogP contribution in [0.2, 0.25) is 0 Å². The smallest absolute Gasteiger partial charge is 0.335 e. The molecule has 3 N–H and O–H groups in total. The van der Waals surface area contributed by atoms with Gasteiger partial charge in [0.25, 0.3) is 0 Å². The van der Waals surface area contributed by atoms with Crippen LogP contribution in [0, 0.1) is 12.3 Å². The maximum Gasteiger partial charge on any atom is 0.335 e. The SMILES string of the molecule is COCCNc1cccc(C(=O)O)c1.COc1cc(C)c2[nH]ccc2c1CN1CCC2(CC1)CC2. The third kappa shape index (κ3) is 6.16. The quantitative estimate of drug-likeness (QED) is 0.380. The largest absolute Gasteiger partial charge is 0.496 e. The Labute approximate surface area is 207 Å². The molecule has 2 aliphatic rings. The maximum absolute atomic E-state index is 10.6. The van der Waals surface area contributed by atoms with Gasteiger partial charge in [0.2, 0.25) is 0 Å². The Balaban J connectivity index is 0.000000181. The lowest BCUT2D eigenvalue weighted by atomic mass is 9.93. The Morgan fingerprint density at radius 1 is 1.14 bits per heavy atom. The molecule has 0 unspecified atom stereocenters. The summed E-state index contributed by atoms with van der Waals surface area (Å²) >= 11 is 0. The number of nitrogens with one attached hydrogen (secondary N) is 2. The zero-order valence-electron chi connectivity index (χ0n) is 21.0. The van der Waals surface area contributed by atoms with Gasteiger partial charge >= 0.3 is 5.97 Å². The number of fused-ring (bicyclic) bond motifs is 1. The molecule has 3 aromatic rings. The van der Waals surface area contributed by atoms with Gasteiger partial charge in [-0.05, 0) is 87.0 Å². The molecule has 1 spiro atoms. The predicted molar refractivity (Wildman–Crippen MR) is 140 cm³/mol. The number of nitrogens with zero attached hydrogens (tertiary/aromatic N) is 1. The summed E-state index contributed by atoms with van der Waals surface area (Å²) in [6, 6.07) is 11.0. The third-order valence-corrected chi connectivity index (χ3v) is 7.33. The number of aryl methyl sites for hydroxylation is 1. The summed E-state index contributed by atoms with van der Waals surface area (Å²) in [4.78, 5) is 16.6. The summed E-state index contributed by atoms with van der Waals surface area (Å²) in [5, 5.41) is 13.1. The van der Waals surface area contributed by atoms with Crippen LogP contribution in [-0.2, 0) is 11.3 Å². The van der Waals surface area contributed by atoms with E-state index in [0.29, 0.717) is 13.2 Å². The van der Waals surface area contributed by atoms with Crippen LogP contribution < -0.4 is 10.1 Å². The molecule has 0 radical (unpaired) electrons. The Morgan fingerprint density at radius 2 is 1.91 bits per heavy atom. The van der Waals surface area contributed by atoms with E-state index in [2.05, 4.69) is 34.3 Å². The van der Waals surface area contributed by atoms with Crippen molar-refractivity contribution in [2.45, 2.75) is 39.2 Å². The highest BCUT2D eigenvalue weighted by molar-refractivity contribution is 5.89. The van der Waals surface area contributed by atoms with Gasteiger partial charge in [-0.1, -0.05) is 6.07 Å². The topological polar surface area (TPSA) is 86.8 Å². The van der Waals surface area contributed by atoms with Gasteiger partial charge in [-0.15, -0.1) is 0 Å². The van der Waals surface area contributed by atoms with Crippen LogP contribution in [0.1, 0.15) is 47.2 Å². The van der Waals surface area contributed by atoms with Crippen molar-refractivity contribution in [3.63, 3.8) is 0 Å². The summed E-state index contributed by atoms with van der Waals surface area (Å²) < 4.78 is 10.5. The van der Waals surface area contributed by atoms with Crippen LogP contribution in [-0.4, -0.2) is 61.4 Å². The van der Waals surface area contributed by atoms with E-state index in [4.69, 9.17) is 14.6 Å². The van der Waals surface area contributed by atoms with Gasteiger partial charge in [-0.3, -0.25) is 4.90 Å². The van der Waals surface area contributed by atoms with Crippen molar-refractivity contribution < 1.29 is 19.4 Å². The second-order valence-corrected chi connectivity index (χ2v) is 9.72. The van der Waals surface area contributed by atoms with Crippen molar-refractivity contribution in [3.05, 3.63) is 59.3 Å². The van der Waals surface area contributed by atoms with Gasteiger partial charge in [-0.25, -0.2) is 4.79 Å². The van der Waals surface area contributed by atoms with Crippen molar-refractivity contribution in [2.75, 3.05) is 45.8 Å². The fourth-order valence-corrected chi connectivity index (χ4v) is 4.93. The highest BCUT2D eigenvalue weighted by atomic mass is 16.5. The van der Waals surface area contributed by atoms with Crippen LogP contribution in [0.3, 0.4) is 0 Å². The molecule has 1 saturated carbocycles. The zero-order valence-corrected chi connectivity index (χ0v) is 21.0. The molecule has 0 bridgehead atoms. The van der Waals surface area contributed by atoms with Crippen LogP contribution in [0.15, 0.2) is 42.6 Å². The van der Waals surface area contributed by atoms with Gasteiger partial charge in [-0.2, -0.15) is 0 Å². The van der Waals surface area contributed by atoms with Crippen molar-refractivity contribution in [3.8, 4) is 5.75 Å². The number of carbonyl (C=O) groups is 1. The lowest BCUT2D eigenvalue weighted by molar-refractivity contribution is 0.0697. The molecular formula is C28H37N3O4. The molecule has 35 heavy (non-hydrogen) atoms. The second-order valence-electron chi connectivity index (χ2n) is 9.72. The number of aromatic nitrogens is 1. The number of aromatic carboxylic acids is 1. The van der Waals surface area contributed by atoms with Crippen LogP contribution >= 0.6 is 0 Å². The number of carboxylic acids is 1. The van der Waals surface area contributed by atoms with Crippen molar-refractivity contribution >= 4 is 22.6 Å². The Morgan fingerprint density at radius 3 is 2.57 bits per heavy atom. The summed E-state index contributed by atoms with van der Waals surface area (Å²) in [6.45, 7) is 6.89. The van der Waals surface area contributed by atoms with Crippen molar-refractivity contribution in [1.29, 1.82) is 0 Å². The molecule has 1 aliphatic heterocycles. The average Bonchev–Trinajstić information content (AvgIpc) is 3.42. The first kappa shape index (κ1) is 25.1. The molecule has 7 heteroatoms. The number of benzene rings is 2. The number of piperidine rings is 1. The fraction of sp³-hybridized carbons (Fsp3) is 0.464. The number of hydrogen-bond donors (Lipinski definition) is 3. The minimum atomic E-state index is -0.916. The summed E-state index contributed by atoms with van der Waals surface area (Å²) in [5.41, 5.74) is 5.67. The lowest BCUT2D eigenvalue weighted by Crippen LogP contribution is -2.34. The Bertz CT molecular complexity index is 1140. The molecule has 7 nitrogen and oxygen atoms in total. The first-order valence-electron chi connectivity index (χ1n) is 12.4. The van der Waals surface area contributed by atoms with E-state index >= 15 is 0 Å². The molecule has 1 aromatic heterocycles. The molecular weight excluding hydrogens is 442 g/mol. The van der Waals surface area contributed by atoms with Crippen molar-refractivity contribution in [2.24, 2.45) is 5.41 Å². The first-order chi connectivity index (χ1) is 16.9. The molecule has 1 saturated heterocycles. The van der Waals surface area contributed by atoms with Crippen LogP contribution in [0.4, 0.5) is 5.69 Å². The summed E-state index contributed by atoms with van der Waals surface area (Å²) in [5.74, 6) is 0.117. The first-order valence-corrected chi connectivity index (χ1v) is 12.4. The Kier molecular flexibility index (Phi) is 7.98. The molecule has 0 amide bonds. The highest BCUT2D eigenvalue weighted by Gasteiger charge is 2.44. The number of hydrogen-bond acceptors (Lipinski definition) is 5. The average molecular weight is 480 g/mol. The molecule has 2 heterocycles. The normalized spacial score (nSPS) is 16.5. The number of ether oxygens (including phenoxy) is 2. The zero-order chi connectivity index (χ0) is 24.8. The standard InChI is InChI=1S/C18H24N2O.C10H13NO3/c1-13-11-16(21-2)15(14-3-8-19-17(13)14)12-20-9-6-18(4-5-18)7-10-20;1-14-6-5-11-9-4-2-3-8(7-9)10(12)13/h3,8,11,19H,4-7,9-10,12H2,1-2H3;2-4,7,11H,5-6H2,1H3,(H,12,13). The maximum atomic E-state index is 10.6. The molecule has 2 aromatic carbocycles. The highest BCUT2D eigenvalue weighted by Crippen LogP contribution is 2.53. The van der Waals surface area contributed by atoms with E-state index in [1.165, 1.54) is 60.8 Å². The number of likely N-dealkylation sites (tertiary alicyclic amines) is 1. The summed E-state index contributed by atoms with van der Waals surface area (Å²) in [7, 11) is 3.40. The van der Waals surface area contributed by atoms with Gasteiger partial charge in [0, 0.05) is 48.5 Å². The minimum Gasteiger partial charge on any atom is -0.496 e. The fourth-order valence-electron chi connectivity index (χ4n) is 4.93. The van der Waals surface area contributed by atoms with Crippen LogP contribution in [0.5, 0.6) is 5.75 Å². The second kappa shape index (κ2) is 11.1. The van der Waals surface area contributed by atoms with E-state index in [1.807, 2.05) is 12.3 Å². The third-order valence-electron chi connectivity index (χ3n) is 7.33. The van der Waals surface area contributed by atoms with Crippen molar-refractivity contribution in [1.82, 2.24) is 9.88 Å². The Hall–Kier alpha value is -3.03. The number of H-pyrrole nitrogens is 1. The molecule has 2 fully saturated rings. The number of methoxy groups -OCH3 is 2. The molecule has 1 aliphatic carbocycles. The number of anilines is 1. The van der Waals surface area contributed by atoms with E-state index in [-0.39, 0.29) is 5.56 Å². The van der Waals surface area contributed by atoms with E-state index in [1.54, 1.807) is 32.4 Å². The summed E-state index contributed by atoms with van der Waals surface area (Å²) in [6.07, 6.45) is 7.75. The number of aromatic amines is 1. The van der Waals surface area contributed by atoms with Crippen LogP contribution in [0.25, 0.3) is 10.9 Å². The monoisotopic (exact) mass is 479 g/mol. The van der Waals surface area contributed by atoms with Gasteiger partial charge in [0.15, 0.2) is 0 Å². The molecule has 188 valence electrons. The minimum absolute atomic E-state index is 0.285. The molecule has 5 rings (SSSR count).